The van der Waals surface area contributed by atoms with Gasteiger partial charge in [0.25, 0.3) is 0 Å². The fourth-order valence-electron chi connectivity index (χ4n) is 1.65. The van der Waals surface area contributed by atoms with Crippen molar-refractivity contribution in [3.05, 3.63) is 5.89 Å². The Balaban J connectivity index is 1.91. The van der Waals surface area contributed by atoms with Gasteiger partial charge in [-0.25, -0.2) is 10.1 Å². The van der Waals surface area contributed by atoms with E-state index in [1.165, 1.54) is 0 Å². The van der Waals surface area contributed by atoms with Gasteiger partial charge in [0, 0.05) is 0 Å². The number of anilines is 1. The zero-order chi connectivity index (χ0) is 12.3. The fourth-order valence-corrected chi connectivity index (χ4v) is 1.65. The first kappa shape index (κ1) is 11.8. The number of hydrogen-bond acceptors (Lipinski definition) is 6. The van der Waals surface area contributed by atoms with Gasteiger partial charge in [-0.05, 0) is 33.2 Å². The standard InChI is InChI=1S/C10H16N4O3/c1-6(2)16-10(15)12-9-14-13-8(17-9)7-4-3-5-11-7/h6-7,11H,3-5H2,1-2H3,(H,12,14,15). The first-order chi connectivity index (χ1) is 8.15. The van der Waals surface area contributed by atoms with E-state index in [2.05, 4.69) is 20.8 Å². The molecule has 1 aliphatic rings. The molecule has 0 radical (unpaired) electrons. The summed E-state index contributed by atoms with van der Waals surface area (Å²) in [6.07, 6.45) is 1.28. The van der Waals surface area contributed by atoms with Crippen LogP contribution in [0.25, 0.3) is 0 Å². The highest BCUT2D eigenvalue weighted by Crippen LogP contribution is 2.22. The van der Waals surface area contributed by atoms with E-state index >= 15 is 0 Å². The van der Waals surface area contributed by atoms with E-state index in [-0.39, 0.29) is 18.2 Å². The van der Waals surface area contributed by atoms with Crippen LogP contribution in [0.4, 0.5) is 10.8 Å². The van der Waals surface area contributed by atoms with Gasteiger partial charge in [0.2, 0.25) is 5.89 Å². The predicted molar refractivity (Wildman–Crippen MR) is 59.5 cm³/mol. The maximum absolute atomic E-state index is 11.3. The summed E-state index contributed by atoms with van der Waals surface area (Å²) in [6, 6.07) is 0.165. The van der Waals surface area contributed by atoms with Gasteiger partial charge in [0.15, 0.2) is 0 Å². The van der Waals surface area contributed by atoms with Crippen LogP contribution in [-0.4, -0.2) is 28.9 Å². The van der Waals surface area contributed by atoms with Crippen molar-refractivity contribution in [3.63, 3.8) is 0 Å². The van der Waals surface area contributed by atoms with E-state index in [9.17, 15) is 4.79 Å². The molecular weight excluding hydrogens is 224 g/mol. The van der Waals surface area contributed by atoms with E-state index in [0.29, 0.717) is 5.89 Å². The Morgan fingerprint density at radius 3 is 3.06 bits per heavy atom. The molecule has 94 valence electrons. The van der Waals surface area contributed by atoms with Gasteiger partial charge < -0.3 is 14.5 Å². The molecule has 0 aliphatic carbocycles. The first-order valence-corrected chi connectivity index (χ1v) is 5.69. The number of nitrogens with one attached hydrogen (secondary N) is 2. The van der Waals surface area contributed by atoms with E-state index in [1.807, 2.05) is 0 Å². The maximum Gasteiger partial charge on any atom is 0.415 e. The summed E-state index contributed by atoms with van der Waals surface area (Å²) in [5.74, 6) is 0.502. The van der Waals surface area contributed by atoms with E-state index in [4.69, 9.17) is 9.15 Å². The second-order valence-electron chi connectivity index (χ2n) is 4.17. The predicted octanol–water partition coefficient (Wildman–Crippen LogP) is 1.45. The molecule has 1 aromatic rings. The highest BCUT2D eigenvalue weighted by atomic mass is 16.6. The lowest BCUT2D eigenvalue weighted by Crippen LogP contribution is -2.18. The third-order valence-corrected chi connectivity index (χ3v) is 2.35. The Kier molecular flexibility index (Phi) is 3.58. The maximum atomic E-state index is 11.3. The molecule has 1 atom stereocenters. The van der Waals surface area contributed by atoms with Crippen LogP contribution in [0.15, 0.2) is 4.42 Å². The Morgan fingerprint density at radius 2 is 2.41 bits per heavy atom. The van der Waals surface area contributed by atoms with Crippen molar-refractivity contribution in [2.24, 2.45) is 0 Å². The monoisotopic (exact) mass is 240 g/mol. The lowest BCUT2D eigenvalue weighted by atomic mass is 10.2. The molecule has 2 N–H and O–H groups in total. The van der Waals surface area contributed by atoms with Gasteiger partial charge in [-0.1, -0.05) is 5.10 Å². The van der Waals surface area contributed by atoms with Crippen LogP contribution < -0.4 is 10.6 Å². The van der Waals surface area contributed by atoms with Crippen LogP contribution in [0.2, 0.25) is 0 Å². The minimum Gasteiger partial charge on any atom is -0.446 e. The zero-order valence-electron chi connectivity index (χ0n) is 9.90. The number of carbonyl (C=O) groups excluding carboxylic acids is 1. The van der Waals surface area contributed by atoms with Crippen molar-refractivity contribution in [2.75, 3.05) is 11.9 Å². The third kappa shape index (κ3) is 3.16. The van der Waals surface area contributed by atoms with Crippen molar-refractivity contribution in [1.82, 2.24) is 15.5 Å². The number of carbonyl (C=O) groups is 1. The molecule has 0 bridgehead atoms. The van der Waals surface area contributed by atoms with E-state index < -0.39 is 6.09 Å². The molecule has 1 amide bonds. The smallest absolute Gasteiger partial charge is 0.415 e. The molecule has 2 heterocycles. The highest BCUT2D eigenvalue weighted by Gasteiger charge is 2.22. The largest absolute Gasteiger partial charge is 0.446 e. The van der Waals surface area contributed by atoms with E-state index in [1.54, 1.807) is 13.8 Å². The van der Waals surface area contributed by atoms with Gasteiger partial charge >= 0.3 is 12.1 Å². The summed E-state index contributed by atoms with van der Waals surface area (Å²) in [6.45, 7) is 4.48. The fraction of sp³-hybridized carbons (Fsp3) is 0.700. The minimum absolute atomic E-state index is 0.0688. The molecule has 7 nitrogen and oxygen atoms in total. The summed E-state index contributed by atoms with van der Waals surface area (Å²) in [7, 11) is 0. The van der Waals surface area contributed by atoms with Crippen LogP contribution >= 0.6 is 0 Å². The second-order valence-corrected chi connectivity index (χ2v) is 4.17. The molecule has 1 unspecified atom stereocenters. The van der Waals surface area contributed by atoms with Crippen LogP contribution in [0.1, 0.15) is 38.6 Å². The van der Waals surface area contributed by atoms with Gasteiger partial charge in [0.1, 0.15) is 0 Å². The highest BCUT2D eigenvalue weighted by molar-refractivity contribution is 5.81. The zero-order valence-corrected chi connectivity index (χ0v) is 9.90. The van der Waals surface area contributed by atoms with Gasteiger partial charge in [-0.3, -0.25) is 0 Å². The number of nitrogens with zero attached hydrogens (tertiary/aromatic N) is 2. The minimum atomic E-state index is -0.588. The Morgan fingerprint density at radius 1 is 1.59 bits per heavy atom. The second kappa shape index (κ2) is 5.13. The Bertz CT molecular complexity index is 385. The van der Waals surface area contributed by atoms with Crippen LogP contribution in [0.3, 0.4) is 0 Å². The quantitative estimate of drug-likeness (QED) is 0.831. The summed E-state index contributed by atoms with van der Waals surface area (Å²) in [5.41, 5.74) is 0. The summed E-state index contributed by atoms with van der Waals surface area (Å²) in [5, 5.41) is 13.2. The number of hydrogen-bond donors (Lipinski definition) is 2. The van der Waals surface area contributed by atoms with Gasteiger partial charge in [-0.15, -0.1) is 5.10 Å². The average molecular weight is 240 g/mol. The van der Waals surface area contributed by atoms with Crippen LogP contribution in [0.5, 0.6) is 0 Å². The molecule has 0 saturated carbocycles. The molecular formula is C10H16N4O3. The van der Waals surface area contributed by atoms with Crippen molar-refractivity contribution < 1.29 is 13.9 Å². The Hall–Kier alpha value is -1.63. The number of aromatic nitrogens is 2. The van der Waals surface area contributed by atoms with Crippen LogP contribution in [-0.2, 0) is 4.74 Å². The topological polar surface area (TPSA) is 89.3 Å². The summed E-state index contributed by atoms with van der Waals surface area (Å²) in [4.78, 5) is 11.3. The molecule has 1 saturated heterocycles. The Labute approximate surface area is 98.9 Å². The first-order valence-electron chi connectivity index (χ1n) is 5.69. The molecule has 1 aliphatic heterocycles. The van der Waals surface area contributed by atoms with Gasteiger partial charge in [0.05, 0.1) is 12.1 Å². The lowest BCUT2D eigenvalue weighted by Gasteiger charge is -2.06. The molecule has 17 heavy (non-hydrogen) atoms. The molecule has 1 aromatic heterocycles. The molecule has 7 heteroatoms. The number of ether oxygens (including phenoxy) is 1. The van der Waals surface area contributed by atoms with Crippen molar-refractivity contribution in [3.8, 4) is 0 Å². The number of amides is 1. The normalized spacial score (nSPS) is 19.6. The van der Waals surface area contributed by atoms with Crippen LogP contribution in [0, 0.1) is 0 Å². The molecule has 0 spiro atoms. The summed E-state index contributed by atoms with van der Waals surface area (Å²) >= 11 is 0. The molecule has 0 aromatic carbocycles. The lowest BCUT2D eigenvalue weighted by molar-refractivity contribution is 0.129. The van der Waals surface area contributed by atoms with Crippen molar-refractivity contribution in [1.29, 1.82) is 0 Å². The number of rotatable bonds is 3. The van der Waals surface area contributed by atoms with Crippen molar-refractivity contribution in [2.45, 2.75) is 38.8 Å². The van der Waals surface area contributed by atoms with Crippen molar-refractivity contribution >= 4 is 12.1 Å². The average Bonchev–Trinajstić information content (AvgIpc) is 2.84. The molecule has 1 fully saturated rings. The third-order valence-electron chi connectivity index (χ3n) is 2.35. The van der Waals surface area contributed by atoms with Gasteiger partial charge in [-0.2, -0.15) is 0 Å². The SMILES string of the molecule is CC(C)OC(=O)Nc1nnc(C2CCCN2)o1. The summed E-state index contributed by atoms with van der Waals surface area (Å²) < 4.78 is 10.2. The van der Waals surface area contributed by atoms with E-state index in [0.717, 1.165) is 19.4 Å². The molecule has 2 rings (SSSR count).